The molecule has 0 saturated carbocycles. The standard InChI is InChI=1S/C25H27N5O3/c31-25(26-11-14-30-12-5-2-6-13-30)20-16-27-23(18-9-10-21-22(15-18)33-17-32-21)29-24(20)28-19-7-3-1-4-8-19/h1,3-4,7-10,15-16H,2,5-6,11-14,17H2,(H,26,31)(H,27,28,29). The fraction of sp³-hybridized carbons (Fsp3) is 0.320. The lowest BCUT2D eigenvalue weighted by Gasteiger charge is -2.26. The molecule has 3 heterocycles. The van der Waals surface area contributed by atoms with Crippen LogP contribution in [-0.2, 0) is 0 Å². The average Bonchev–Trinajstić information content (AvgIpc) is 3.33. The van der Waals surface area contributed by atoms with Crippen LogP contribution in [0.4, 0.5) is 11.5 Å². The first-order chi connectivity index (χ1) is 16.3. The highest BCUT2D eigenvalue weighted by atomic mass is 16.7. The van der Waals surface area contributed by atoms with Crippen molar-refractivity contribution >= 4 is 17.4 Å². The summed E-state index contributed by atoms with van der Waals surface area (Å²) in [6.45, 7) is 3.85. The number of hydrogen-bond acceptors (Lipinski definition) is 7. The van der Waals surface area contributed by atoms with E-state index in [1.54, 1.807) is 6.20 Å². The van der Waals surface area contributed by atoms with E-state index >= 15 is 0 Å². The van der Waals surface area contributed by atoms with Gasteiger partial charge in [0, 0.05) is 30.5 Å². The normalized spacial score (nSPS) is 15.3. The third-order valence-electron chi connectivity index (χ3n) is 5.86. The lowest BCUT2D eigenvalue weighted by atomic mass is 10.1. The van der Waals surface area contributed by atoms with E-state index in [4.69, 9.17) is 14.5 Å². The summed E-state index contributed by atoms with van der Waals surface area (Å²) < 4.78 is 10.9. The first-order valence-corrected chi connectivity index (χ1v) is 11.4. The number of aromatic nitrogens is 2. The van der Waals surface area contributed by atoms with E-state index in [0.717, 1.165) is 30.9 Å². The molecule has 1 saturated heterocycles. The number of hydrogen-bond donors (Lipinski definition) is 2. The molecule has 8 heteroatoms. The highest BCUT2D eigenvalue weighted by Gasteiger charge is 2.19. The quantitative estimate of drug-likeness (QED) is 0.571. The second-order valence-corrected chi connectivity index (χ2v) is 8.17. The first-order valence-electron chi connectivity index (χ1n) is 11.4. The van der Waals surface area contributed by atoms with Crippen LogP contribution in [0.5, 0.6) is 11.5 Å². The van der Waals surface area contributed by atoms with E-state index < -0.39 is 0 Å². The van der Waals surface area contributed by atoms with Gasteiger partial charge in [0.05, 0.1) is 0 Å². The van der Waals surface area contributed by atoms with Gasteiger partial charge in [-0.15, -0.1) is 0 Å². The van der Waals surface area contributed by atoms with E-state index in [9.17, 15) is 4.79 Å². The van der Waals surface area contributed by atoms with Crippen molar-refractivity contribution in [1.82, 2.24) is 20.2 Å². The second kappa shape index (κ2) is 9.87. The smallest absolute Gasteiger partial charge is 0.256 e. The van der Waals surface area contributed by atoms with Crippen molar-refractivity contribution in [2.24, 2.45) is 0 Å². The molecule has 170 valence electrons. The number of carbonyl (C=O) groups excluding carboxylic acids is 1. The zero-order valence-electron chi connectivity index (χ0n) is 18.4. The Labute approximate surface area is 193 Å². The molecule has 2 aliphatic heterocycles. The lowest BCUT2D eigenvalue weighted by Crippen LogP contribution is -2.37. The molecule has 0 atom stereocenters. The van der Waals surface area contributed by atoms with Crippen molar-refractivity contribution in [1.29, 1.82) is 0 Å². The highest BCUT2D eigenvalue weighted by molar-refractivity contribution is 5.99. The van der Waals surface area contributed by atoms with E-state index in [1.807, 2.05) is 48.5 Å². The third-order valence-corrected chi connectivity index (χ3v) is 5.86. The number of anilines is 2. The molecule has 2 aliphatic rings. The second-order valence-electron chi connectivity index (χ2n) is 8.17. The van der Waals surface area contributed by atoms with Gasteiger partial charge in [0.1, 0.15) is 11.4 Å². The number of nitrogens with one attached hydrogen (secondary N) is 2. The monoisotopic (exact) mass is 445 g/mol. The molecule has 0 spiro atoms. The van der Waals surface area contributed by atoms with E-state index in [2.05, 4.69) is 20.5 Å². The van der Waals surface area contributed by atoms with Gasteiger partial charge in [0.2, 0.25) is 6.79 Å². The van der Waals surface area contributed by atoms with Crippen LogP contribution in [0, 0.1) is 0 Å². The maximum atomic E-state index is 13.0. The SMILES string of the molecule is O=C(NCCN1CCCCC1)c1cnc(-c2ccc3c(c2)OCO3)nc1Nc1ccccc1. The van der Waals surface area contributed by atoms with Gasteiger partial charge in [-0.05, 0) is 56.3 Å². The number of piperidine rings is 1. The summed E-state index contributed by atoms with van der Waals surface area (Å²) in [5.41, 5.74) is 2.03. The molecule has 0 bridgehead atoms. The van der Waals surface area contributed by atoms with Crippen LogP contribution in [0.15, 0.2) is 54.7 Å². The fourth-order valence-electron chi connectivity index (χ4n) is 4.08. The van der Waals surface area contributed by atoms with Crippen LogP contribution >= 0.6 is 0 Å². The van der Waals surface area contributed by atoms with Gasteiger partial charge >= 0.3 is 0 Å². The largest absolute Gasteiger partial charge is 0.454 e. The first kappa shape index (κ1) is 21.2. The van der Waals surface area contributed by atoms with Crippen molar-refractivity contribution in [3.8, 4) is 22.9 Å². The zero-order valence-corrected chi connectivity index (χ0v) is 18.4. The molecule has 5 rings (SSSR count). The van der Waals surface area contributed by atoms with Gasteiger partial charge in [-0.25, -0.2) is 9.97 Å². The summed E-state index contributed by atoms with van der Waals surface area (Å²) in [6, 6.07) is 15.2. The van der Waals surface area contributed by atoms with Crippen LogP contribution in [0.2, 0.25) is 0 Å². The van der Waals surface area contributed by atoms with Crippen molar-refractivity contribution in [3.05, 3.63) is 60.3 Å². The topological polar surface area (TPSA) is 88.6 Å². The van der Waals surface area contributed by atoms with Crippen LogP contribution in [0.25, 0.3) is 11.4 Å². The molecule has 33 heavy (non-hydrogen) atoms. The van der Waals surface area contributed by atoms with Crippen molar-refractivity contribution < 1.29 is 14.3 Å². The predicted molar refractivity (Wildman–Crippen MR) is 126 cm³/mol. The maximum absolute atomic E-state index is 13.0. The van der Waals surface area contributed by atoms with Gasteiger partial charge in [-0.2, -0.15) is 0 Å². The molecule has 1 aromatic heterocycles. The molecular formula is C25H27N5O3. The minimum Gasteiger partial charge on any atom is -0.454 e. The number of fused-ring (bicyclic) bond motifs is 1. The Morgan fingerprint density at radius 1 is 1.00 bits per heavy atom. The molecule has 0 unspecified atom stereocenters. The number of nitrogens with zero attached hydrogens (tertiary/aromatic N) is 3. The summed E-state index contributed by atoms with van der Waals surface area (Å²) in [5, 5.41) is 6.31. The fourth-order valence-corrected chi connectivity index (χ4v) is 4.08. The molecule has 2 aromatic carbocycles. The van der Waals surface area contributed by atoms with Crippen molar-refractivity contribution in [2.75, 3.05) is 38.3 Å². The van der Waals surface area contributed by atoms with Crippen LogP contribution in [0.1, 0.15) is 29.6 Å². The molecule has 1 fully saturated rings. The Balaban J connectivity index is 1.37. The summed E-state index contributed by atoms with van der Waals surface area (Å²) in [6.07, 6.45) is 5.33. The van der Waals surface area contributed by atoms with E-state index in [1.165, 1.54) is 19.3 Å². The average molecular weight is 446 g/mol. The Bertz CT molecular complexity index is 1120. The number of ether oxygens (including phenoxy) is 2. The van der Waals surface area contributed by atoms with E-state index in [0.29, 0.717) is 35.2 Å². The number of carbonyl (C=O) groups is 1. The molecule has 0 radical (unpaired) electrons. The molecule has 0 aliphatic carbocycles. The van der Waals surface area contributed by atoms with Crippen molar-refractivity contribution in [3.63, 3.8) is 0 Å². The number of benzene rings is 2. The van der Waals surface area contributed by atoms with Gasteiger partial charge in [0.25, 0.3) is 5.91 Å². The Hall–Kier alpha value is -3.65. The molecular weight excluding hydrogens is 418 g/mol. The third kappa shape index (κ3) is 5.06. The lowest BCUT2D eigenvalue weighted by molar-refractivity contribution is 0.0946. The Morgan fingerprint density at radius 2 is 1.82 bits per heavy atom. The number of likely N-dealkylation sites (tertiary alicyclic amines) is 1. The minimum absolute atomic E-state index is 0.192. The predicted octanol–water partition coefficient (Wildman–Crippen LogP) is 3.83. The summed E-state index contributed by atoms with van der Waals surface area (Å²) in [7, 11) is 0. The Kier molecular flexibility index (Phi) is 6.34. The van der Waals surface area contributed by atoms with E-state index in [-0.39, 0.29) is 12.7 Å². The zero-order chi connectivity index (χ0) is 22.5. The summed E-state index contributed by atoms with van der Waals surface area (Å²) >= 11 is 0. The summed E-state index contributed by atoms with van der Waals surface area (Å²) in [5.74, 6) is 2.12. The van der Waals surface area contributed by atoms with Crippen LogP contribution < -0.4 is 20.1 Å². The van der Waals surface area contributed by atoms with Crippen molar-refractivity contribution in [2.45, 2.75) is 19.3 Å². The molecule has 3 aromatic rings. The minimum atomic E-state index is -0.192. The number of rotatable bonds is 7. The van der Waals surface area contributed by atoms with Gasteiger partial charge in [-0.3, -0.25) is 4.79 Å². The van der Waals surface area contributed by atoms with Crippen LogP contribution in [0.3, 0.4) is 0 Å². The molecule has 8 nitrogen and oxygen atoms in total. The number of amides is 1. The number of para-hydroxylation sites is 1. The van der Waals surface area contributed by atoms with Gasteiger partial charge in [0.15, 0.2) is 17.3 Å². The van der Waals surface area contributed by atoms with Crippen LogP contribution in [-0.4, -0.2) is 53.7 Å². The maximum Gasteiger partial charge on any atom is 0.256 e. The van der Waals surface area contributed by atoms with Gasteiger partial charge < -0.3 is 25.0 Å². The Morgan fingerprint density at radius 3 is 2.67 bits per heavy atom. The highest BCUT2D eigenvalue weighted by Crippen LogP contribution is 2.35. The summed E-state index contributed by atoms with van der Waals surface area (Å²) in [4.78, 5) is 24.6. The van der Waals surface area contributed by atoms with Gasteiger partial charge in [-0.1, -0.05) is 24.6 Å². The molecule has 1 amide bonds. The molecule has 2 N–H and O–H groups in total.